The van der Waals surface area contributed by atoms with Crippen LogP contribution in [-0.4, -0.2) is 33.0 Å². The Hall–Kier alpha value is -4.38. The van der Waals surface area contributed by atoms with Crippen molar-refractivity contribution in [2.75, 3.05) is 7.11 Å². The Balaban J connectivity index is 1.58. The topological polar surface area (TPSA) is 102 Å². The van der Waals surface area contributed by atoms with Crippen molar-refractivity contribution in [2.45, 2.75) is 13.1 Å². The second kappa shape index (κ2) is 8.55. The summed E-state index contributed by atoms with van der Waals surface area (Å²) < 4.78 is 6.57. The van der Waals surface area contributed by atoms with Crippen LogP contribution in [0.2, 0.25) is 0 Å². The molecule has 0 unspecified atom stereocenters. The van der Waals surface area contributed by atoms with E-state index < -0.39 is 0 Å². The molecule has 4 aromatic rings. The van der Waals surface area contributed by atoms with E-state index in [1.54, 1.807) is 31.4 Å². The van der Waals surface area contributed by atoms with Gasteiger partial charge in [0.25, 0.3) is 11.5 Å². The number of aromatic amines is 1. The van der Waals surface area contributed by atoms with Crippen LogP contribution in [0.25, 0.3) is 22.0 Å². The average Bonchev–Trinajstić information content (AvgIpc) is 3.30. The first-order valence-corrected chi connectivity index (χ1v) is 9.51. The first-order valence-electron chi connectivity index (χ1n) is 9.51. The highest BCUT2D eigenvalue weighted by molar-refractivity contribution is 5.94. The SMILES string of the molecule is C#CCn1nc(CNC(=O)c2cc(-c3ccccc3OC)n[nH]2)c2ccccc2c1=O. The maximum atomic E-state index is 12.7. The van der Waals surface area contributed by atoms with Crippen LogP contribution >= 0.6 is 0 Å². The van der Waals surface area contributed by atoms with E-state index in [1.807, 2.05) is 30.3 Å². The number of H-pyrrole nitrogens is 1. The molecule has 0 fully saturated rings. The van der Waals surface area contributed by atoms with Gasteiger partial charge >= 0.3 is 0 Å². The van der Waals surface area contributed by atoms with Crippen LogP contribution < -0.4 is 15.6 Å². The highest BCUT2D eigenvalue weighted by Crippen LogP contribution is 2.28. The van der Waals surface area contributed by atoms with Crippen LogP contribution in [0.5, 0.6) is 5.75 Å². The smallest absolute Gasteiger partial charge is 0.275 e. The van der Waals surface area contributed by atoms with Gasteiger partial charge in [-0.1, -0.05) is 36.3 Å². The van der Waals surface area contributed by atoms with Crippen molar-refractivity contribution in [2.24, 2.45) is 0 Å². The van der Waals surface area contributed by atoms with Crippen molar-refractivity contribution < 1.29 is 9.53 Å². The van der Waals surface area contributed by atoms with Gasteiger partial charge < -0.3 is 10.1 Å². The molecule has 2 N–H and O–H groups in total. The molecule has 2 aromatic heterocycles. The summed E-state index contributed by atoms with van der Waals surface area (Å²) in [6.07, 6.45) is 5.35. The number of rotatable bonds is 6. The van der Waals surface area contributed by atoms with Gasteiger partial charge in [-0.25, -0.2) is 4.68 Å². The molecule has 0 spiro atoms. The number of para-hydroxylation sites is 1. The van der Waals surface area contributed by atoms with Crippen LogP contribution in [0.3, 0.4) is 0 Å². The highest BCUT2D eigenvalue weighted by atomic mass is 16.5. The average molecular weight is 413 g/mol. The fourth-order valence-corrected chi connectivity index (χ4v) is 3.32. The van der Waals surface area contributed by atoms with Crippen LogP contribution in [0.15, 0.2) is 59.4 Å². The molecule has 4 rings (SSSR count). The Morgan fingerprint density at radius 3 is 2.71 bits per heavy atom. The lowest BCUT2D eigenvalue weighted by Gasteiger charge is -2.10. The number of carbonyl (C=O) groups excluding carboxylic acids is 1. The Kier molecular flexibility index (Phi) is 5.49. The Morgan fingerprint density at radius 1 is 1.19 bits per heavy atom. The van der Waals surface area contributed by atoms with Gasteiger partial charge in [0.15, 0.2) is 0 Å². The number of hydrogen-bond donors (Lipinski definition) is 2. The second-order valence-electron chi connectivity index (χ2n) is 6.71. The number of hydrogen-bond acceptors (Lipinski definition) is 5. The molecule has 154 valence electrons. The number of amides is 1. The summed E-state index contributed by atoms with van der Waals surface area (Å²) in [6.45, 7) is 0.167. The predicted molar refractivity (Wildman–Crippen MR) is 117 cm³/mol. The molecule has 0 radical (unpaired) electrons. The van der Waals surface area contributed by atoms with Crippen LogP contribution in [0.4, 0.5) is 0 Å². The number of fused-ring (bicyclic) bond motifs is 1. The fourth-order valence-electron chi connectivity index (χ4n) is 3.32. The monoisotopic (exact) mass is 413 g/mol. The number of benzene rings is 2. The van der Waals surface area contributed by atoms with Gasteiger partial charge in [-0.15, -0.1) is 6.42 Å². The summed E-state index contributed by atoms with van der Waals surface area (Å²) in [5.41, 5.74) is 1.94. The molecule has 8 heteroatoms. The Morgan fingerprint density at radius 2 is 1.94 bits per heavy atom. The molecule has 0 aliphatic carbocycles. The maximum absolute atomic E-state index is 12.7. The van der Waals surface area contributed by atoms with Gasteiger partial charge in [0, 0.05) is 10.9 Å². The van der Waals surface area contributed by atoms with Gasteiger partial charge in [-0.3, -0.25) is 14.7 Å². The third kappa shape index (κ3) is 3.89. The van der Waals surface area contributed by atoms with E-state index in [-0.39, 0.29) is 24.6 Å². The molecular formula is C23H19N5O3. The zero-order valence-corrected chi connectivity index (χ0v) is 16.8. The zero-order chi connectivity index (χ0) is 21.8. The summed E-state index contributed by atoms with van der Waals surface area (Å²) in [6, 6.07) is 16.2. The van der Waals surface area contributed by atoms with E-state index in [1.165, 1.54) is 4.68 Å². The molecule has 31 heavy (non-hydrogen) atoms. The van der Waals surface area contributed by atoms with E-state index in [9.17, 15) is 9.59 Å². The molecule has 0 saturated heterocycles. The van der Waals surface area contributed by atoms with Crippen molar-refractivity contribution in [3.63, 3.8) is 0 Å². The van der Waals surface area contributed by atoms with Crippen molar-refractivity contribution in [3.05, 3.63) is 76.3 Å². The van der Waals surface area contributed by atoms with Gasteiger partial charge in [0.2, 0.25) is 0 Å². The number of aromatic nitrogens is 4. The summed E-state index contributed by atoms with van der Waals surface area (Å²) in [4.78, 5) is 25.2. The summed E-state index contributed by atoms with van der Waals surface area (Å²) in [5.74, 6) is 2.73. The number of nitrogens with zero attached hydrogens (tertiary/aromatic N) is 3. The van der Waals surface area contributed by atoms with Crippen molar-refractivity contribution in [1.82, 2.24) is 25.3 Å². The molecular weight excluding hydrogens is 394 g/mol. The third-order valence-corrected chi connectivity index (χ3v) is 4.81. The number of ether oxygens (including phenoxy) is 1. The van der Waals surface area contributed by atoms with Crippen LogP contribution in [0, 0.1) is 12.3 Å². The lowest BCUT2D eigenvalue weighted by Crippen LogP contribution is -2.28. The van der Waals surface area contributed by atoms with Crippen LogP contribution in [-0.2, 0) is 13.1 Å². The Bertz CT molecular complexity index is 1360. The van der Waals surface area contributed by atoms with Crippen LogP contribution in [0.1, 0.15) is 16.2 Å². The first-order chi connectivity index (χ1) is 15.1. The normalized spacial score (nSPS) is 10.6. The fraction of sp³-hybridized carbons (Fsp3) is 0.130. The number of methoxy groups -OCH3 is 1. The summed E-state index contributed by atoms with van der Waals surface area (Å²) >= 11 is 0. The van der Waals surface area contributed by atoms with Crippen molar-refractivity contribution >= 4 is 16.7 Å². The minimum Gasteiger partial charge on any atom is -0.496 e. The molecule has 0 aliphatic rings. The lowest BCUT2D eigenvalue weighted by atomic mass is 10.1. The number of nitrogens with one attached hydrogen (secondary N) is 2. The molecule has 0 saturated carbocycles. The molecule has 0 aliphatic heterocycles. The van der Waals surface area contributed by atoms with E-state index in [4.69, 9.17) is 11.2 Å². The molecule has 8 nitrogen and oxygen atoms in total. The molecule has 0 bridgehead atoms. The molecule has 0 atom stereocenters. The van der Waals surface area contributed by atoms with Gasteiger partial charge in [-0.2, -0.15) is 10.2 Å². The lowest BCUT2D eigenvalue weighted by molar-refractivity contribution is 0.0945. The highest BCUT2D eigenvalue weighted by Gasteiger charge is 2.15. The van der Waals surface area contributed by atoms with Gasteiger partial charge in [-0.05, 0) is 24.3 Å². The third-order valence-electron chi connectivity index (χ3n) is 4.81. The minimum absolute atomic E-state index is 0.0490. The Labute approximate surface area is 177 Å². The molecule has 1 amide bonds. The summed E-state index contributed by atoms with van der Waals surface area (Å²) in [5, 5.41) is 15.3. The van der Waals surface area contributed by atoms with Gasteiger partial charge in [0.1, 0.15) is 18.0 Å². The summed E-state index contributed by atoms with van der Waals surface area (Å²) in [7, 11) is 1.58. The molecule has 2 heterocycles. The van der Waals surface area contributed by atoms with Crippen molar-refractivity contribution in [1.29, 1.82) is 0 Å². The molecule has 2 aromatic carbocycles. The van der Waals surface area contributed by atoms with Crippen molar-refractivity contribution in [3.8, 4) is 29.4 Å². The minimum atomic E-state index is -0.353. The first kappa shape index (κ1) is 19.9. The van der Waals surface area contributed by atoms with E-state index in [2.05, 4.69) is 26.5 Å². The standard InChI is InChI=1S/C23H19N5O3/c1-3-12-28-23(30)16-9-5-4-8-15(16)20(27-28)14-24-22(29)19-13-18(25-26-19)17-10-6-7-11-21(17)31-2/h1,4-11,13H,12,14H2,2H3,(H,24,29)(H,25,26). The number of carbonyl (C=O) groups is 1. The van der Waals surface area contributed by atoms with E-state index >= 15 is 0 Å². The van der Waals surface area contributed by atoms with Gasteiger partial charge in [0.05, 0.1) is 30.4 Å². The van der Waals surface area contributed by atoms with E-state index in [0.717, 1.165) is 5.56 Å². The second-order valence-corrected chi connectivity index (χ2v) is 6.71. The maximum Gasteiger partial charge on any atom is 0.275 e. The predicted octanol–water partition coefficient (Wildman–Crippen LogP) is 2.36. The quantitative estimate of drug-likeness (QED) is 0.473. The zero-order valence-electron chi connectivity index (χ0n) is 16.8. The number of terminal acetylenes is 1. The van der Waals surface area contributed by atoms with E-state index in [0.29, 0.717) is 33.6 Å². The largest absolute Gasteiger partial charge is 0.496 e.